The van der Waals surface area contributed by atoms with Crippen LogP contribution in [-0.2, 0) is 4.79 Å². The quantitative estimate of drug-likeness (QED) is 0.601. The number of aliphatic carboxylic acids is 1. The lowest BCUT2D eigenvalue weighted by Crippen LogP contribution is -2.22. The van der Waals surface area contributed by atoms with Crippen molar-refractivity contribution in [1.82, 2.24) is 0 Å². The van der Waals surface area contributed by atoms with Gasteiger partial charge in [0.2, 0.25) is 5.82 Å². The minimum atomic E-state index is -0.996. The van der Waals surface area contributed by atoms with Gasteiger partial charge in [0, 0.05) is 6.54 Å². The summed E-state index contributed by atoms with van der Waals surface area (Å²) in [6.07, 6.45) is 0.380. The van der Waals surface area contributed by atoms with Gasteiger partial charge in [-0.3, -0.25) is 14.9 Å². The molecular weight excluding hydrogens is 243 g/mol. The van der Waals surface area contributed by atoms with Crippen LogP contribution in [-0.4, -0.2) is 22.5 Å². The standard InChI is InChI=1S/C11H13FN2O4/c1-2-7(11(15)16)6-13-9-5-3-4-8(12)10(9)14(17)18/h3-5,7,13H,2,6H2,1H3,(H,15,16). The van der Waals surface area contributed by atoms with Crippen LogP contribution < -0.4 is 5.32 Å². The van der Waals surface area contributed by atoms with E-state index in [1.165, 1.54) is 12.1 Å². The third-order valence-electron chi connectivity index (χ3n) is 2.55. The van der Waals surface area contributed by atoms with Gasteiger partial charge in [-0.2, -0.15) is 4.39 Å². The van der Waals surface area contributed by atoms with Crippen LogP contribution in [0.25, 0.3) is 0 Å². The molecule has 18 heavy (non-hydrogen) atoms. The molecule has 98 valence electrons. The maximum atomic E-state index is 13.3. The zero-order valence-corrected chi connectivity index (χ0v) is 9.72. The fourth-order valence-corrected chi connectivity index (χ4v) is 1.48. The Hall–Kier alpha value is -2.18. The molecule has 0 saturated heterocycles. The third kappa shape index (κ3) is 3.16. The second-order valence-corrected chi connectivity index (χ2v) is 3.72. The highest BCUT2D eigenvalue weighted by Crippen LogP contribution is 2.27. The van der Waals surface area contributed by atoms with Gasteiger partial charge in [-0.05, 0) is 18.6 Å². The van der Waals surface area contributed by atoms with Crippen molar-refractivity contribution in [3.8, 4) is 0 Å². The number of nitrogens with one attached hydrogen (secondary N) is 1. The highest BCUT2D eigenvalue weighted by Gasteiger charge is 2.21. The molecule has 0 fully saturated rings. The minimum Gasteiger partial charge on any atom is -0.481 e. The van der Waals surface area contributed by atoms with Crippen LogP contribution >= 0.6 is 0 Å². The van der Waals surface area contributed by atoms with Crippen molar-refractivity contribution < 1.29 is 19.2 Å². The lowest BCUT2D eigenvalue weighted by atomic mass is 10.1. The molecule has 1 unspecified atom stereocenters. The number of carbonyl (C=O) groups is 1. The first-order valence-electron chi connectivity index (χ1n) is 5.37. The Morgan fingerprint density at radius 2 is 2.28 bits per heavy atom. The van der Waals surface area contributed by atoms with E-state index in [0.29, 0.717) is 6.42 Å². The first-order valence-corrected chi connectivity index (χ1v) is 5.37. The Balaban J connectivity index is 2.88. The number of carboxylic acids is 1. The van der Waals surface area contributed by atoms with Crippen molar-refractivity contribution in [2.45, 2.75) is 13.3 Å². The zero-order chi connectivity index (χ0) is 13.7. The van der Waals surface area contributed by atoms with E-state index in [9.17, 15) is 19.3 Å². The predicted octanol–water partition coefficient (Wildman–Crippen LogP) is 2.26. The van der Waals surface area contributed by atoms with Crippen molar-refractivity contribution in [3.05, 3.63) is 34.1 Å². The molecule has 0 aliphatic carbocycles. The highest BCUT2D eigenvalue weighted by atomic mass is 19.1. The number of rotatable bonds is 6. The topological polar surface area (TPSA) is 92.5 Å². The van der Waals surface area contributed by atoms with Crippen LogP contribution in [0.2, 0.25) is 0 Å². The summed E-state index contributed by atoms with van der Waals surface area (Å²) in [4.78, 5) is 20.7. The number of nitro groups is 1. The van der Waals surface area contributed by atoms with Crippen LogP contribution in [0.1, 0.15) is 13.3 Å². The van der Waals surface area contributed by atoms with Crippen LogP contribution in [0.4, 0.5) is 15.8 Å². The van der Waals surface area contributed by atoms with E-state index in [0.717, 1.165) is 6.07 Å². The van der Waals surface area contributed by atoms with Gasteiger partial charge in [-0.25, -0.2) is 0 Å². The van der Waals surface area contributed by atoms with Crippen molar-refractivity contribution in [3.63, 3.8) is 0 Å². The number of nitro benzene ring substituents is 1. The van der Waals surface area contributed by atoms with E-state index in [1.54, 1.807) is 6.92 Å². The predicted molar refractivity (Wildman–Crippen MR) is 63.0 cm³/mol. The van der Waals surface area contributed by atoms with Crippen molar-refractivity contribution in [1.29, 1.82) is 0 Å². The fraction of sp³-hybridized carbons (Fsp3) is 0.364. The SMILES string of the molecule is CCC(CNc1cccc(F)c1[N+](=O)[O-])C(=O)O. The summed E-state index contributed by atoms with van der Waals surface area (Å²) in [5, 5.41) is 22.1. The van der Waals surface area contributed by atoms with E-state index < -0.39 is 28.3 Å². The number of para-hydroxylation sites is 1. The molecule has 0 radical (unpaired) electrons. The maximum absolute atomic E-state index is 13.3. The van der Waals surface area contributed by atoms with Crippen LogP contribution in [0, 0.1) is 21.8 Å². The third-order valence-corrected chi connectivity index (χ3v) is 2.55. The number of nitrogens with zero attached hydrogens (tertiary/aromatic N) is 1. The van der Waals surface area contributed by atoms with Gasteiger partial charge in [0.15, 0.2) is 0 Å². The average molecular weight is 256 g/mol. The number of carboxylic acid groups (broad SMARTS) is 1. The number of halogens is 1. The Morgan fingerprint density at radius 3 is 2.78 bits per heavy atom. The molecule has 7 heteroatoms. The van der Waals surface area contributed by atoms with Gasteiger partial charge in [0.1, 0.15) is 5.69 Å². The summed E-state index contributed by atoms with van der Waals surface area (Å²) in [6, 6.07) is 3.65. The van der Waals surface area contributed by atoms with Crippen molar-refractivity contribution in [2.75, 3.05) is 11.9 Å². The summed E-state index contributed by atoms with van der Waals surface area (Å²) in [5.41, 5.74) is -0.683. The van der Waals surface area contributed by atoms with Gasteiger partial charge in [-0.1, -0.05) is 13.0 Å². The molecule has 2 N–H and O–H groups in total. The number of hydrogen-bond donors (Lipinski definition) is 2. The molecule has 0 saturated carbocycles. The summed E-state index contributed by atoms with van der Waals surface area (Å²) >= 11 is 0. The molecule has 1 aromatic carbocycles. The Bertz CT molecular complexity index is 464. The molecule has 0 spiro atoms. The molecule has 0 aliphatic heterocycles. The van der Waals surface area contributed by atoms with Crippen LogP contribution in [0.15, 0.2) is 18.2 Å². The molecule has 0 aromatic heterocycles. The summed E-state index contributed by atoms with van der Waals surface area (Å²) in [6.45, 7) is 1.70. The van der Waals surface area contributed by atoms with Gasteiger partial charge in [0.05, 0.1) is 10.8 Å². The molecule has 0 heterocycles. The normalized spacial score (nSPS) is 11.9. The van der Waals surface area contributed by atoms with Crippen LogP contribution in [0.3, 0.4) is 0 Å². The number of benzene rings is 1. The van der Waals surface area contributed by atoms with E-state index >= 15 is 0 Å². The van der Waals surface area contributed by atoms with E-state index in [2.05, 4.69) is 5.32 Å². The zero-order valence-electron chi connectivity index (χ0n) is 9.72. The summed E-state index contributed by atoms with van der Waals surface area (Å²) in [7, 11) is 0. The molecule has 0 bridgehead atoms. The lowest BCUT2D eigenvalue weighted by Gasteiger charge is -2.12. The van der Waals surface area contributed by atoms with Crippen molar-refractivity contribution >= 4 is 17.3 Å². The molecule has 0 amide bonds. The molecule has 6 nitrogen and oxygen atoms in total. The first-order chi connectivity index (χ1) is 8.47. The summed E-state index contributed by atoms with van der Waals surface area (Å²) in [5.74, 6) is -2.62. The molecule has 1 atom stereocenters. The van der Waals surface area contributed by atoms with E-state index in [-0.39, 0.29) is 12.2 Å². The van der Waals surface area contributed by atoms with E-state index in [1.807, 2.05) is 0 Å². The van der Waals surface area contributed by atoms with Crippen molar-refractivity contribution in [2.24, 2.45) is 5.92 Å². The highest BCUT2D eigenvalue weighted by molar-refractivity contribution is 5.71. The summed E-state index contributed by atoms with van der Waals surface area (Å²) < 4.78 is 13.3. The first kappa shape index (κ1) is 13.9. The number of anilines is 1. The molecular formula is C11H13FN2O4. The largest absolute Gasteiger partial charge is 0.481 e. The Morgan fingerprint density at radius 1 is 1.61 bits per heavy atom. The smallest absolute Gasteiger partial charge is 0.327 e. The van der Waals surface area contributed by atoms with E-state index in [4.69, 9.17) is 5.11 Å². The lowest BCUT2D eigenvalue weighted by molar-refractivity contribution is -0.386. The van der Waals surface area contributed by atoms with Gasteiger partial charge < -0.3 is 10.4 Å². The van der Waals surface area contributed by atoms with Gasteiger partial charge in [-0.15, -0.1) is 0 Å². The fourth-order valence-electron chi connectivity index (χ4n) is 1.48. The minimum absolute atomic E-state index is 0.0100. The second kappa shape index (κ2) is 5.95. The molecule has 1 aromatic rings. The maximum Gasteiger partial charge on any atom is 0.327 e. The Labute approximate surface area is 103 Å². The molecule has 0 aliphatic rings. The Kier molecular flexibility index (Phi) is 4.59. The van der Waals surface area contributed by atoms with Gasteiger partial charge in [0.25, 0.3) is 0 Å². The van der Waals surface area contributed by atoms with Crippen LogP contribution in [0.5, 0.6) is 0 Å². The second-order valence-electron chi connectivity index (χ2n) is 3.72. The average Bonchev–Trinajstić information content (AvgIpc) is 2.28. The monoisotopic (exact) mass is 256 g/mol. The molecule has 1 rings (SSSR count). The van der Waals surface area contributed by atoms with Gasteiger partial charge >= 0.3 is 11.7 Å². The number of hydrogen-bond acceptors (Lipinski definition) is 4.